The molecule has 0 bridgehead atoms. The second kappa shape index (κ2) is 7.80. The van der Waals surface area contributed by atoms with E-state index in [2.05, 4.69) is 20.5 Å². The molecule has 0 aliphatic rings. The van der Waals surface area contributed by atoms with E-state index in [0.29, 0.717) is 11.0 Å². The summed E-state index contributed by atoms with van der Waals surface area (Å²) in [6.07, 6.45) is 3.44. The second-order valence-electron chi connectivity index (χ2n) is 5.17. The van der Waals surface area contributed by atoms with E-state index in [0.717, 1.165) is 17.0 Å². The zero-order valence-electron chi connectivity index (χ0n) is 13.8. The Morgan fingerprint density at radius 3 is 2.72 bits per heavy atom. The van der Waals surface area contributed by atoms with Crippen LogP contribution >= 0.6 is 11.8 Å². The molecule has 0 fully saturated rings. The second-order valence-corrected chi connectivity index (χ2v) is 6.11. The van der Waals surface area contributed by atoms with Crippen molar-refractivity contribution in [3.05, 3.63) is 48.8 Å². The third kappa shape index (κ3) is 4.16. The number of carbonyl (C=O) groups excluding carboxylic acids is 1. The van der Waals surface area contributed by atoms with Crippen LogP contribution in [-0.4, -0.2) is 38.5 Å². The minimum Gasteiger partial charge on any atom is -0.497 e. The molecule has 2 heterocycles. The topological polar surface area (TPSA) is 81.9 Å². The molecule has 0 unspecified atom stereocenters. The smallest absolute Gasteiger partial charge is 0.234 e. The number of hydrogen-bond acceptors (Lipinski definition) is 6. The molecule has 0 atom stereocenters. The van der Waals surface area contributed by atoms with Gasteiger partial charge in [0.05, 0.1) is 12.9 Å². The number of pyridine rings is 1. The van der Waals surface area contributed by atoms with Gasteiger partial charge in [0.15, 0.2) is 11.0 Å². The molecule has 0 saturated heterocycles. The van der Waals surface area contributed by atoms with Crippen molar-refractivity contribution in [3.8, 4) is 17.1 Å². The fourth-order valence-corrected chi connectivity index (χ4v) is 2.90. The molecule has 2 aromatic heterocycles. The molecule has 7 nitrogen and oxygen atoms in total. The van der Waals surface area contributed by atoms with Crippen LogP contribution in [0.3, 0.4) is 0 Å². The first-order valence-corrected chi connectivity index (χ1v) is 8.52. The first-order valence-electron chi connectivity index (χ1n) is 7.54. The number of aromatic nitrogens is 4. The average molecular weight is 355 g/mol. The Morgan fingerprint density at radius 1 is 1.24 bits per heavy atom. The first-order chi connectivity index (χ1) is 12.2. The standard InChI is InChI=1S/C17H17N5O2S/c1-22-16(12-4-3-9-18-10-12)20-21-17(22)25-11-15(23)19-13-5-7-14(24-2)8-6-13/h3-10H,11H2,1-2H3,(H,19,23). The zero-order chi connectivity index (χ0) is 17.6. The van der Waals surface area contributed by atoms with E-state index in [9.17, 15) is 4.79 Å². The highest BCUT2D eigenvalue weighted by atomic mass is 32.2. The maximum absolute atomic E-state index is 12.1. The summed E-state index contributed by atoms with van der Waals surface area (Å²) < 4.78 is 6.94. The van der Waals surface area contributed by atoms with Gasteiger partial charge in [-0.25, -0.2) is 0 Å². The maximum atomic E-state index is 12.1. The third-order valence-corrected chi connectivity index (χ3v) is 4.48. The monoisotopic (exact) mass is 355 g/mol. The van der Waals surface area contributed by atoms with Crippen LogP contribution in [0.2, 0.25) is 0 Å². The Hall–Kier alpha value is -2.87. The van der Waals surface area contributed by atoms with Gasteiger partial charge in [0, 0.05) is 30.7 Å². The van der Waals surface area contributed by atoms with Gasteiger partial charge in [0.1, 0.15) is 5.75 Å². The number of nitrogens with one attached hydrogen (secondary N) is 1. The summed E-state index contributed by atoms with van der Waals surface area (Å²) in [7, 11) is 3.47. The zero-order valence-corrected chi connectivity index (χ0v) is 14.7. The quantitative estimate of drug-likeness (QED) is 0.685. The number of hydrogen-bond donors (Lipinski definition) is 1. The number of carbonyl (C=O) groups is 1. The van der Waals surface area contributed by atoms with E-state index in [-0.39, 0.29) is 11.7 Å². The minimum absolute atomic E-state index is 0.110. The fourth-order valence-electron chi connectivity index (χ4n) is 2.19. The van der Waals surface area contributed by atoms with Gasteiger partial charge in [0.2, 0.25) is 5.91 Å². The molecule has 3 rings (SSSR count). The first kappa shape index (κ1) is 17.0. The molecule has 0 aliphatic carbocycles. The number of amides is 1. The van der Waals surface area contributed by atoms with Gasteiger partial charge in [-0.3, -0.25) is 9.78 Å². The van der Waals surface area contributed by atoms with E-state index in [1.807, 2.05) is 23.7 Å². The summed E-state index contributed by atoms with van der Waals surface area (Å²) in [5.41, 5.74) is 1.60. The van der Waals surface area contributed by atoms with Gasteiger partial charge < -0.3 is 14.6 Å². The molecule has 0 saturated carbocycles. The van der Waals surface area contributed by atoms with Crippen molar-refractivity contribution in [3.63, 3.8) is 0 Å². The molecular formula is C17H17N5O2S. The van der Waals surface area contributed by atoms with Crippen LogP contribution in [0.15, 0.2) is 53.9 Å². The number of nitrogens with zero attached hydrogens (tertiary/aromatic N) is 4. The number of thioether (sulfide) groups is 1. The van der Waals surface area contributed by atoms with E-state index < -0.39 is 0 Å². The van der Waals surface area contributed by atoms with Gasteiger partial charge in [-0.05, 0) is 36.4 Å². The maximum Gasteiger partial charge on any atom is 0.234 e. The van der Waals surface area contributed by atoms with E-state index in [1.165, 1.54) is 11.8 Å². The Bertz CT molecular complexity index is 849. The van der Waals surface area contributed by atoms with Crippen molar-refractivity contribution >= 4 is 23.4 Å². The van der Waals surface area contributed by atoms with Crippen molar-refractivity contribution in [2.24, 2.45) is 7.05 Å². The summed E-state index contributed by atoms with van der Waals surface area (Å²) in [5, 5.41) is 11.8. The van der Waals surface area contributed by atoms with Gasteiger partial charge in [0.25, 0.3) is 0 Å². The number of methoxy groups -OCH3 is 1. The molecule has 1 amide bonds. The highest BCUT2D eigenvalue weighted by molar-refractivity contribution is 7.99. The molecule has 25 heavy (non-hydrogen) atoms. The molecule has 0 aliphatic heterocycles. The largest absolute Gasteiger partial charge is 0.497 e. The summed E-state index contributed by atoms with van der Waals surface area (Å²) in [6, 6.07) is 11.0. The normalized spacial score (nSPS) is 10.5. The van der Waals surface area contributed by atoms with E-state index >= 15 is 0 Å². The van der Waals surface area contributed by atoms with Crippen molar-refractivity contribution < 1.29 is 9.53 Å². The summed E-state index contributed by atoms with van der Waals surface area (Å²) in [5.74, 6) is 1.59. The Labute approximate surface area is 149 Å². The van der Waals surface area contributed by atoms with Gasteiger partial charge in [-0.2, -0.15) is 0 Å². The molecule has 1 aromatic carbocycles. The highest BCUT2D eigenvalue weighted by Gasteiger charge is 2.13. The number of rotatable bonds is 6. The molecule has 0 spiro atoms. The number of ether oxygens (including phenoxy) is 1. The van der Waals surface area contributed by atoms with Crippen LogP contribution in [0.1, 0.15) is 0 Å². The van der Waals surface area contributed by atoms with Gasteiger partial charge in [-0.15, -0.1) is 10.2 Å². The average Bonchev–Trinajstić information content (AvgIpc) is 3.02. The van der Waals surface area contributed by atoms with Crippen LogP contribution in [0.5, 0.6) is 5.75 Å². The van der Waals surface area contributed by atoms with Crippen molar-refractivity contribution in [2.75, 3.05) is 18.2 Å². The summed E-state index contributed by atoms with van der Waals surface area (Å²) >= 11 is 1.33. The Morgan fingerprint density at radius 2 is 2.04 bits per heavy atom. The lowest BCUT2D eigenvalue weighted by molar-refractivity contribution is -0.113. The minimum atomic E-state index is -0.110. The summed E-state index contributed by atoms with van der Waals surface area (Å²) in [6.45, 7) is 0. The van der Waals surface area contributed by atoms with Crippen LogP contribution in [0.25, 0.3) is 11.4 Å². The lowest BCUT2D eigenvalue weighted by Crippen LogP contribution is -2.14. The van der Waals surface area contributed by atoms with Crippen LogP contribution < -0.4 is 10.1 Å². The van der Waals surface area contributed by atoms with E-state index in [1.54, 1.807) is 43.8 Å². The molecule has 8 heteroatoms. The van der Waals surface area contributed by atoms with Crippen molar-refractivity contribution in [2.45, 2.75) is 5.16 Å². The Balaban J connectivity index is 1.60. The lowest BCUT2D eigenvalue weighted by Gasteiger charge is -2.06. The third-order valence-electron chi connectivity index (χ3n) is 3.46. The SMILES string of the molecule is COc1ccc(NC(=O)CSc2nnc(-c3cccnc3)n2C)cc1. The predicted octanol–water partition coefficient (Wildman–Crippen LogP) is 2.62. The predicted molar refractivity (Wildman–Crippen MR) is 96.6 cm³/mol. The molecule has 128 valence electrons. The Kier molecular flexibility index (Phi) is 5.30. The lowest BCUT2D eigenvalue weighted by atomic mass is 10.3. The fraction of sp³-hybridized carbons (Fsp3) is 0.176. The molecule has 0 radical (unpaired) electrons. The van der Waals surface area contributed by atoms with Gasteiger partial charge >= 0.3 is 0 Å². The number of benzene rings is 1. The van der Waals surface area contributed by atoms with Crippen molar-refractivity contribution in [1.29, 1.82) is 0 Å². The molecular weight excluding hydrogens is 338 g/mol. The van der Waals surface area contributed by atoms with Crippen LogP contribution in [0, 0.1) is 0 Å². The molecule has 1 N–H and O–H groups in total. The highest BCUT2D eigenvalue weighted by Crippen LogP contribution is 2.22. The molecule has 3 aromatic rings. The van der Waals surface area contributed by atoms with Crippen molar-refractivity contribution in [1.82, 2.24) is 19.7 Å². The van der Waals surface area contributed by atoms with Crippen LogP contribution in [0.4, 0.5) is 5.69 Å². The van der Waals surface area contributed by atoms with Crippen LogP contribution in [-0.2, 0) is 11.8 Å². The van der Waals surface area contributed by atoms with Gasteiger partial charge in [-0.1, -0.05) is 11.8 Å². The summed E-state index contributed by atoms with van der Waals surface area (Å²) in [4.78, 5) is 16.2. The number of anilines is 1. The van der Waals surface area contributed by atoms with E-state index in [4.69, 9.17) is 4.74 Å².